The molecule has 182 valence electrons. The highest BCUT2D eigenvalue weighted by atomic mass is 127. The summed E-state index contributed by atoms with van der Waals surface area (Å²) in [6.45, 7) is 3.80. The van der Waals surface area contributed by atoms with E-state index >= 15 is 0 Å². The summed E-state index contributed by atoms with van der Waals surface area (Å²) < 4.78 is 2.00. The Bertz CT molecular complexity index is 829. The van der Waals surface area contributed by atoms with E-state index in [1.54, 1.807) is 0 Å². The van der Waals surface area contributed by atoms with E-state index in [0.29, 0.717) is 18.7 Å². The van der Waals surface area contributed by atoms with Gasteiger partial charge in [-0.3, -0.25) is 4.79 Å². The average Bonchev–Trinajstić information content (AvgIpc) is 2.80. The monoisotopic (exact) mass is 628 g/mol. The molecule has 0 atom stereocenters. The maximum atomic E-state index is 12.5. The van der Waals surface area contributed by atoms with Crippen molar-refractivity contribution in [2.24, 2.45) is 0 Å². The number of carbonyl (C=O) groups excluding carboxylic acids is 1. The molecule has 4 nitrogen and oxygen atoms in total. The Morgan fingerprint density at radius 3 is 2.12 bits per heavy atom. The van der Waals surface area contributed by atoms with Crippen LogP contribution in [0.2, 0.25) is 0 Å². The molecule has 0 fully saturated rings. The molecule has 2 N–H and O–H groups in total. The highest BCUT2D eigenvalue weighted by molar-refractivity contribution is 14.1. The minimum atomic E-state index is -0.0436. The Kier molecular flexibility index (Phi) is 14.3. The molecule has 0 saturated heterocycles. The SMILES string of the molecule is CCCCCCCCCCCCNC(=O)c1ccc(CN(O)Cc2ccc(I)cc2)c(Br)c1. The van der Waals surface area contributed by atoms with Crippen molar-refractivity contribution in [1.82, 2.24) is 10.4 Å². The summed E-state index contributed by atoms with van der Waals surface area (Å²) >= 11 is 5.82. The Morgan fingerprint density at radius 2 is 1.52 bits per heavy atom. The molecule has 33 heavy (non-hydrogen) atoms. The lowest BCUT2D eigenvalue weighted by molar-refractivity contribution is -0.108. The van der Waals surface area contributed by atoms with Crippen molar-refractivity contribution in [2.75, 3.05) is 6.54 Å². The van der Waals surface area contributed by atoms with Gasteiger partial charge in [0.1, 0.15) is 0 Å². The van der Waals surface area contributed by atoms with Gasteiger partial charge in [-0.25, -0.2) is 0 Å². The third-order valence-electron chi connectivity index (χ3n) is 5.76. The molecule has 0 aliphatic carbocycles. The van der Waals surface area contributed by atoms with Crippen molar-refractivity contribution in [1.29, 1.82) is 0 Å². The summed E-state index contributed by atoms with van der Waals surface area (Å²) in [5, 5.41) is 14.6. The highest BCUT2D eigenvalue weighted by Gasteiger charge is 2.11. The zero-order valence-electron chi connectivity index (χ0n) is 19.8. The number of nitrogens with one attached hydrogen (secondary N) is 1. The van der Waals surface area contributed by atoms with Gasteiger partial charge >= 0.3 is 0 Å². The van der Waals surface area contributed by atoms with E-state index in [0.717, 1.165) is 28.6 Å². The molecule has 0 unspecified atom stereocenters. The van der Waals surface area contributed by atoms with Crippen LogP contribution in [0.5, 0.6) is 0 Å². The summed E-state index contributed by atoms with van der Waals surface area (Å²) in [5.41, 5.74) is 2.63. The van der Waals surface area contributed by atoms with Gasteiger partial charge in [-0.2, -0.15) is 5.06 Å². The van der Waals surface area contributed by atoms with Crippen LogP contribution in [-0.2, 0) is 13.1 Å². The first-order chi connectivity index (χ1) is 16.0. The van der Waals surface area contributed by atoms with Crippen LogP contribution in [-0.4, -0.2) is 22.7 Å². The number of hydrogen-bond acceptors (Lipinski definition) is 3. The Labute approximate surface area is 221 Å². The number of carbonyl (C=O) groups is 1. The molecule has 2 aromatic rings. The lowest BCUT2D eigenvalue weighted by Crippen LogP contribution is -2.24. The van der Waals surface area contributed by atoms with Gasteiger partial charge in [-0.05, 0) is 64.4 Å². The maximum absolute atomic E-state index is 12.5. The molecule has 0 heterocycles. The van der Waals surface area contributed by atoms with Crippen LogP contribution in [0, 0.1) is 3.57 Å². The van der Waals surface area contributed by atoms with Crippen LogP contribution < -0.4 is 5.32 Å². The van der Waals surface area contributed by atoms with Crippen LogP contribution >= 0.6 is 38.5 Å². The normalized spacial score (nSPS) is 11.2. The van der Waals surface area contributed by atoms with E-state index in [1.165, 1.54) is 66.4 Å². The van der Waals surface area contributed by atoms with Gasteiger partial charge in [0, 0.05) is 26.7 Å². The predicted octanol–water partition coefficient (Wildman–Crippen LogP) is 8.10. The molecule has 0 saturated carbocycles. The summed E-state index contributed by atoms with van der Waals surface area (Å²) in [4.78, 5) is 12.5. The Balaban J connectivity index is 1.64. The van der Waals surface area contributed by atoms with Gasteiger partial charge in [-0.1, -0.05) is 98.8 Å². The fraction of sp³-hybridized carbons (Fsp3) is 0.519. The van der Waals surface area contributed by atoms with Crippen molar-refractivity contribution in [2.45, 2.75) is 84.2 Å². The third-order valence-corrected chi connectivity index (χ3v) is 7.22. The van der Waals surface area contributed by atoms with E-state index in [-0.39, 0.29) is 5.91 Å². The van der Waals surface area contributed by atoms with Crippen molar-refractivity contribution in [3.05, 3.63) is 67.2 Å². The molecule has 2 rings (SSSR count). The second-order valence-corrected chi connectivity index (χ2v) is 10.8. The molecule has 0 aliphatic rings. The highest BCUT2D eigenvalue weighted by Crippen LogP contribution is 2.21. The number of unbranched alkanes of at least 4 members (excludes halogenated alkanes) is 9. The van der Waals surface area contributed by atoms with Gasteiger partial charge in [0.25, 0.3) is 5.91 Å². The largest absolute Gasteiger partial charge is 0.352 e. The number of nitrogens with zero attached hydrogens (tertiary/aromatic N) is 1. The quantitative estimate of drug-likeness (QED) is 0.112. The smallest absolute Gasteiger partial charge is 0.251 e. The average molecular weight is 629 g/mol. The van der Waals surface area contributed by atoms with Crippen LogP contribution in [0.1, 0.15) is 92.6 Å². The lowest BCUT2D eigenvalue weighted by atomic mass is 10.1. The molecule has 6 heteroatoms. The van der Waals surface area contributed by atoms with Crippen LogP contribution in [0.15, 0.2) is 46.9 Å². The maximum Gasteiger partial charge on any atom is 0.251 e. The van der Waals surface area contributed by atoms with E-state index in [4.69, 9.17) is 0 Å². The van der Waals surface area contributed by atoms with E-state index < -0.39 is 0 Å². The number of amides is 1. The number of hydrogen-bond donors (Lipinski definition) is 2. The number of hydroxylamine groups is 2. The molecule has 0 spiro atoms. The van der Waals surface area contributed by atoms with Gasteiger partial charge < -0.3 is 10.5 Å². The van der Waals surface area contributed by atoms with Crippen molar-refractivity contribution in [3.63, 3.8) is 0 Å². The number of benzene rings is 2. The van der Waals surface area contributed by atoms with Gasteiger partial charge in [0.15, 0.2) is 0 Å². The van der Waals surface area contributed by atoms with E-state index in [1.807, 2.05) is 42.5 Å². The van der Waals surface area contributed by atoms with Crippen LogP contribution in [0.3, 0.4) is 0 Å². The summed E-state index contributed by atoms with van der Waals surface area (Å²) in [6.07, 6.45) is 12.9. The lowest BCUT2D eigenvalue weighted by Gasteiger charge is -2.16. The molecule has 1 amide bonds. The second kappa shape index (κ2) is 16.6. The van der Waals surface area contributed by atoms with E-state index in [9.17, 15) is 10.0 Å². The zero-order valence-corrected chi connectivity index (χ0v) is 23.5. The van der Waals surface area contributed by atoms with Gasteiger partial charge in [0.05, 0.1) is 6.54 Å². The van der Waals surface area contributed by atoms with Crippen LogP contribution in [0.4, 0.5) is 0 Å². The van der Waals surface area contributed by atoms with Gasteiger partial charge in [0.2, 0.25) is 0 Å². The summed E-state index contributed by atoms with van der Waals surface area (Å²) in [5.74, 6) is -0.0436. The Hall–Kier alpha value is -0.960. The molecule has 0 aromatic heterocycles. The first kappa shape index (κ1) is 28.3. The van der Waals surface area contributed by atoms with Gasteiger partial charge in [-0.15, -0.1) is 0 Å². The minimum absolute atomic E-state index is 0.0436. The minimum Gasteiger partial charge on any atom is -0.352 e. The predicted molar refractivity (Wildman–Crippen MR) is 149 cm³/mol. The first-order valence-electron chi connectivity index (χ1n) is 12.2. The second-order valence-electron chi connectivity index (χ2n) is 8.69. The van der Waals surface area contributed by atoms with Crippen molar-refractivity contribution >= 4 is 44.4 Å². The van der Waals surface area contributed by atoms with Crippen molar-refractivity contribution in [3.8, 4) is 0 Å². The summed E-state index contributed by atoms with van der Waals surface area (Å²) in [6, 6.07) is 13.7. The molecule has 2 aromatic carbocycles. The molecule has 0 radical (unpaired) electrons. The standard InChI is InChI=1S/C27H38BrIN2O2/c1-2-3-4-5-6-7-8-9-10-11-18-30-27(32)23-14-15-24(26(28)19-23)21-31(33)20-22-12-16-25(29)17-13-22/h12-17,19,33H,2-11,18,20-21H2,1H3,(H,30,32). The zero-order chi connectivity index (χ0) is 23.9. The molecule has 0 bridgehead atoms. The van der Waals surface area contributed by atoms with Crippen LogP contribution in [0.25, 0.3) is 0 Å². The summed E-state index contributed by atoms with van der Waals surface area (Å²) in [7, 11) is 0. The number of rotatable bonds is 16. The number of halogens is 2. The fourth-order valence-corrected chi connectivity index (χ4v) is 4.65. The molecule has 0 aliphatic heterocycles. The third kappa shape index (κ3) is 11.8. The molecular formula is C27H38BrIN2O2. The Morgan fingerprint density at radius 1 is 0.909 bits per heavy atom. The van der Waals surface area contributed by atoms with Crippen molar-refractivity contribution < 1.29 is 10.0 Å². The first-order valence-corrected chi connectivity index (χ1v) is 14.1. The van der Waals surface area contributed by atoms with E-state index in [2.05, 4.69) is 50.8 Å². The topological polar surface area (TPSA) is 52.6 Å². The molecular weight excluding hydrogens is 591 g/mol. The fourth-order valence-electron chi connectivity index (χ4n) is 3.79.